The highest BCUT2D eigenvalue weighted by molar-refractivity contribution is 5.91. The van der Waals surface area contributed by atoms with Gasteiger partial charge in [0.1, 0.15) is 12.9 Å². The number of hydrogen-bond donors (Lipinski definition) is 2. The largest absolute Gasteiger partial charge is 0.480 e. The molecule has 9 nitrogen and oxygen atoms in total. The molecule has 2 amide bonds. The number of amides is 2. The Hall–Kier alpha value is -2.45. The smallest absolute Gasteiger partial charge is 0.325 e. The normalized spacial score (nSPS) is 21.0. The van der Waals surface area contributed by atoms with Gasteiger partial charge in [-0.2, -0.15) is 0 Å². The van der Waals surface area contributed by atoms with Crippen LogP contribution in [0, 0.1) is 11.8 Å². The van der Waals surface area contributed by atoms with Crippen molar-refractivity contribution in [3.05, 3.63) is 6.33 Å². The Morgan fingerprint density at radius 3 is 2.74 bits per heavy atom. The van der Waals surface area contributed by atoms with E-state index in [0.717, 1.165) is 30.4 Å². The van der Waals surface area contributed by atoms with Crippen molar-refractivity contribution in [2.24, 2.45) is 11.8 Å². The summed E-state index contributed by atoms with van der Waals surface area (Å²) < 4.78 is 1.14. The Bertz CT molecular complexity index is 624. The Labute approximate surface area is 132 Å². The minimum Gasteiger partial charge on any atom is -0.480 e. The molecule has 124 valence electrons. The molecular weight excluding hydrogens is 302 g/mol. The van der Waals surface area contributed by atoms with Gasteiger partial charge in [-0.05, 0) is 25.7 Å². The van der Waals surface area contributed by atoms with E-state index in [1.54, 1.807) is 4.90 Å². The molecule has 2 fully saturated rings. The van der Waals surface area contributed by atoms with Crippen molar-refractivity contribution in [3.63, 3.8) is 0 Å². The van der Waals surface area contributed by atoms with Gasteiger partial charge in [0.15, 0.2) is 0 Å². The maximum atomic E-state index is 12.3. The molecule has 1 unspecified atom stereocenters. The molecule has 2 heterocycles. The minimum absolute atomic E-state index is 0.0851. The number of carboxylic acid groups (broad SMARTS) is 1. The zero-order chi connectivity index (χ0) is 16.4. The van der Waals surface area contributed by atoms with E-state index in [0.29, 0.717) is 13.1 Å². The van der Waals surface area contributed by atoms with Crippen molar-refractivity contribution in [3.8, 4) is 0 Å². The Morgan fingerprint density at radius 2 is 2.04 bits per heavy atom. The number of aliphatic carboxylic acids is 1. The van der Waals surface area contributed by atoms with Gasteiger partial charge in [0.05, 0.1) is 5.92 Å². The second-order valence-electron chi connectivity index (χ2n) is 6.05. The summed E-state index contributed by atoms with van der Waals surface area (Å²) in [5.74, 6) is -1.14. The van der Waals surface area contributed by atoms with Gasteiger partial charge in [0.25, 0.3) is 0 Å². The first-order chi connectivity index (χ1) is 11.0. The van der Waals surface area contributed by atoms with E-state index < -0.39 is 5.97 Å². The maximum Gasteiger partial charge on any atom is 0.325 e. The van der Waals surface area contributed by atoms with E-state index in [-0.39, 0.29) is 36.1 Å². The van der Waals surface area contributed by atoms with E-state index in [4.69, 9.17) is 5.11 Å². The average molecular weight is 321 g/mol. The van der Waals surface area contributed by atoms with Crippen LogP contribution in [0.5, 0.6) is 0 Å². The fraction of sp³-hybridized carbons (Fsp3) is 0.643. The number of likely N-dealkylation sites (tertiary alicyclic amines) is 1. The molecular formula is C14H19N5O4. The summed E-state index contributed by atoms with van der Waals surface area (Å²) >= 11 is 0. The van der Waals surface area contributed by atoms with E-state index in [2.05, 4.69) is 15.4 Å². The topological polar surface area (TPSA) is 117 Å². The van der Waals surface area contributed by atoms with Crippen LogP contribution < -0.4 is 5.32 Å². The minimum atomic E-state index is -1.03. The van der Waals surface area contributed by atoms with Gasteiger partial charge in [-0.25, -0.2) is 9.67 Å². The molecule has 1 atom stereocenters. The summed E-state index contributed by atoms with van der Waals surface area (Å²) in [6.07, 6.45) is 4.69. The first kappa shape index (κ1) is 15.4. The summed E-state index contributed by atoms with van der Waals surface area (Å²) in [4.78, 5) is 40.6. The number of carbonyl (C=O) groups excluding carboxylic acids is 2. The molecule has 0 radical (unpaired) electrons. The van der Waals surface area contributed by atoms with Crippen LogP contribution >= 0.6 is 0 Å². The lowest BCUT2D eigenvalue weighted by atomic mass is 9.97. The fourth-order valence-corrected chi connectivity index (χ4v) is 2.76. The highest BCUT2D eigenvalue weighted by Gasteiger charge is 2.36. The molecule has 1 aliphatic carbocycles. The predicted molar refractivity (Wildman–Crippen MR) is 78.3 cm³/mol. The Morgan fingerprint density at radius 1 is 1.26 bits per heavy atom. The molecule has 1 saturated carbocycles. The first-order valence-electron chi connectivity index (χ1n) is 7.74. The number of nitrogens with zero attached hydrogens (tertiary/aromatic N) is 4. The summed E-state index contributed by atoms with van der Waals surface area (Å²) in [6, 6.07) is 0. The number of piperidine rings is 1. The fourth-order valence-electron chi connectivity index (χ4n) is 2.76. The van der Waals surface area contributed by atoms with Gasteiger partial charge >= 0.3 is 5.97 Å². The van der Waals surface area contributed by atoms with Crippen LogP contribution in [0.15, 0.2) is 6.33 Å². The predicted octanol–water partition coefficient (Wildman–Crippen LogP) is -0.0502. The monoisotopic (exact) mass is 321 g/mol. The SMILES string of the molecule is O=C(O)Cn1cnc(NC(=O)C2CCCN(C(=O)C3CC3)C2)n1. The second-order valence-corrected chi connectivity index (χ2v) is 6.05. The highest BCUT2D eigenvalue weighted by atomic mass is 16.4. The molecule has 0 spiro atoms. The Kier molecular flexibility index (Phi) is 4.26. The Balaban J connectivity index is 1.55. The van der Waals surface area contributed by atoms with E-state index >= 15 is 0 Å². The van der Waals surface area contributed by atoms with Gasteiger partial charge in [0.2, 0.25) is 17.8 Å². The molecule has 3 rings (SSSR count). The van der Waals surface area contributed by atoms with Crippen molar-refractivity contribution >= 4 is 23.7 Å². The molecule has 0 aromatic carbocycles. The standard InChI is InChI=1S/C14H19N5O4/c20-11(21)7-19-8-15-14(17-19)16-12(22)10-2-1-5-18(6-10)13(23)9-3-4-9/h8-10H,1-7H2,(H,20,21)(H,16,17,22). The van der Waals surface area contributed by atoms with Gasteiger partial charge < -0.3 is 10.0 Å². The summed E-state index contributed by atoms with van der Waals surface area (Å²) in [7, 11) is 0. The lowest BCUT2D eigenvalue weighted by Crippen LogP contribution is -2.44. The molecule has 1 aliphatic heterocycles. The maximum absolute atomic E-state index is 12.3. The van der Waals surface area contributed by atoms with Crippen LogP contribution in [0.2, 0.25) is 0 Å². The third-order valence-electron chi connectivity index (χ3n) is 4.10. The van der Waals surface area contributed by atoms with E-state index in [1.807, 2.05) is 0 Å². The van der Waals surface area contributed by atoms with Gasteiger partial charge in [-0.1, -0.05) is 0 Å². The summed E-state index contributed by atoms with van der Waals surface area (Å²) in [5, 5.41) is 15.2. The number of carboxylic acids is 1. The lowest BCUT2D eigenvalue weighted by Gasteiger charge is -2.32. The average Bonchev–Trinajstić information content (AvgIpc) is 3.29. The molecule has 2 aliphatic rings. The van der Waals surface area contributed by atoms with Crippen molar-refractivity contribution < 1.29 is 19.5 Å². The molecule has 2 N–H and O–H groups in total. The quantitative estimate of drug-likeness (QED) is 0.785. The number of hydrogen-bond acceptors (Lipinski definition) is 5. The number of anilines is 1. The van der Waals surface area contributed by atoms with E-state index in [1.165, 1.54) is 6.33 Å². The van der Waals surface area contributed by atoms with Crippen LogP contribution in [0.3, 0.4) is 0 Å². The van der Waals surface area contributed by atoms with Crippen LogP contribution in [-0.4, -0.2) is 55.6 Å². The van der Waals surface area contributed by atoms with E-state index in [9.17, 15) is 14.4 Å². The van der Waals surface area contributed by atoms with Crippen molar-refractivity contribution in [2.75, 3.05) is 18.4 Å². The third-order valence-corrected chi connectivity index (χ3v) is 4.10. The molecule has 23 heavy (non-hydrogen) atoms. The molecule has 1 aromatic rings. The van der Waals surface area contributed by atoms with Crippen LogP contribution in [-0.2, 0) is 20.9 Å². The molecule has 9 heteroatoms. The van der Waals surface area contributed by atoms with Gasteiger partial charge in [-0.15, -0.1) is 5.10 Å². The van der Waals surface area contributed by atoms with Crippen molar-refractivity contribution in [1.29, 1.82) is 0 Å². The third kappa shape index (κ3) is 3.85. The van der Waals surface area contributed by atoms with Crippen LogP contribution in [0.25, 0.3) is 0 Å². The first-order valence-corrected chi connectivity index (χ1v) is 7.74. The molecule has 1 aromatic heterocycles. The number of rotatable bonds is 5. The highest BCUT2D eigenvalue weighted by Crippen LogP contribution is 2.32. The number of carbonyl (C=O) groups is 3. The number of aromatic nitrogens is 3. The molecule has 0 bridgehead atoms. The zero-order valence-electron chi connectivity index (χ0n) is 12.6. The van der Waals surface area contributed by atoms with Crippen LogP contribution in [0.1, 0.15) is 25.7 Å². The number of nitrogens with one attached hydrogen (secondary N) is 1. The summed E-state index contributed by atoms with van der Waals surface area (Å²) in [6.45, 7) is 0.831. The second kappa shape index (κ2) is 6.35. The van der Waals surface area contributed by atoms with Crippen molar-refractivity contribution in [1.82, 2.24) is 19.7 Å². The molecule has 1 saturated heterocycles. The van der Waals surface area contributed by atoms with Gasteiger partial charge in [0, 0.05) is 19.0 Å². The van der Waals surface area contributed by atoms with Crippen LogP contribution in [0.4, 0.5) is 5.95 Å². The summed E-state index contributed by atoms with van der Waals surface area (Å²) in [5.41, 5.74) is 0. The lowest BCUT2D eigenvalue weighted by molar-refractivity contribution is -0.138. The van der Waals surface area contributed by atoms with Gasteiger partial charge in [-0.3, -0.25) is 19.7 Å². The zero-order valence-corrected chi connectivity index (χ0v) is 12.6. The van der Waals surface area contributed by atoms with Crippen molar-refractivity contribution in [2.45, 2.75) is 32.2 Å².